The van der Waals surface area contributed by atoms with Crippen LogP contribution in [0.15, 0.2) is 34.9 Å². The van der Waals surface area contributed by atoms with Crippen LogP contribution in [0.1, 0.15) is 21.7 Å². The summed E-state index contributed by atoms with van der Waals surface area (Å²) >= 11 is 0. The lowest BCUT2D eigenvalue weighted by Gasteiger charge is -2.34. The molecular formula is C19H21N5O4. The van der Waals surface area contributed by atoms with Crippen molar-refractivity contribution in [2.75, 3.05) is 36.8 Å². The molecule has 9 heteroatoms. The molecule has 1 saturated heterocycles. The smallest absolute Gasteiger partial charge is 0.289 e. The van der Waals surface area contributed by atoms with E-state index in [-0.39, 0.29) is 19.1 Å². The molecule has 1 aromatic carbocycles. The number of carbonyl (C=O) groups is 1. The van der Waals surface area contributed by atoms with Crippen LogP contribution in [0.4, 0.5) is 11.8 Å². The maximum Gasteiger partial charge on any atom is 0.289 e. The van der Waals surface area contributed by atoms with Crippen molar-refractivity contribution in [3.05, 3.63) is 47.4 Å². The number of aromatic nitrogens is 2. The summed E-state index contributed by atoms with van der Waals surface area (Å²) in [4.78, 5) is 25.1. The van der Waals surface area contributed by atoms with E-state index >= 15 is 0 Å². The molecule has 28 heavy (non-hydrogen) atoms. The van der Waals surface area contributed by atoms with Crippen LogP contribution < -0.4 is 10.6 Å². The van der Waals surface area contributed by atoms with Crippen LogP contribution in [-0.2, 0) is 13.2 Å². The van der Waals surface area contributed by atoms with Crippen molar-refractivity contribution in [1.29, 1.82) is 0 Å². The van der Waals surface area contributed by atoms with Gasteiger partial charge in [0.2, 0.25) is 5.95 Å². The quantitative estimate of drug-likeness (QED) is 0.602. The van der Waals surface area contributed by atoms with Gasteiger partial charge < -0.3 is 30.2 Å². The van der Waals surface area contributed by atoms with E-state index in [1.165, 1.54) is 6.26 Å². The van der Waals surface area contributed by atoms with E-state index in [4.69, 9.17) is 10.2 Å². The number of piperazine rings is 1. The van der Waals surface area contributed by atoms with Gasteiger partial charge in [-0.25, -0.2) is 4.98 Å². The fourth-order valence-electron chi connectivity index (χ4n) is 3.38. The number of nitrogen functional groups attached to an aromatic ring is 1. The zero-order valence-electron chi connectivity index (χ0n) is 15.2. The Hall–Kier alpha value is -3.17. The van der Waals surface area contributed by atoms with Gasteiger partial charge in [-0.3, -0.25) is 4.79 Å². The first kappa shape index (κ1) is 18.2. The van der Waals surface area contributed by atoms with E-state index in [1.54, 1.807) is 29.2 Å². The summed E-state index contributed by atoms with van der Waals surface area (Å²) in [5.41, 5.74) is 7.93. The molecule has 0 atom stereocenters. The molecule has 4 N–H and O–H groups in total. The monoisotopic (exact) mass is 383 g/mol. The zero-order chi connectivity index (χ0) is 19.7. The molecular weight excluding hydrogens is 362 g/mol. The van der Waals surface area contributed by atoms with Gasteiger partial charge in [0.1, 0.15) is 5.82 Å². The summed E-state index contributed by atoms with van der Waals surface area (Å²) in [5, 5.41) is 19.6. The minimum absolute atomic E-state index is 0.132. The molecule has 2 aromatic heterocycles. The fourth-order valence-corrected chi connectivity index (χ4v) is 3.38. The van der Waals surface area contributed by atoms with Crippen LogP contribution in [0.3, 0.4) is 0 Å². The minimum atomic E-state index is -0.196. The van der Waals surface area contributed by atoms with Crippen molar-refractivity contribution in [2.24, 2.45) is 0 Å². The first-order valence-corrected chi connectivity index (χ1v) is 8.99. The van der Waals surface area contributed by atoms with Crippen molar-refractivity contribution in [3.63, 3.8) is 0 Å². The van der Waals surface area contributed by atoms with Gasteiger partial charge in [0.25, 0.3) is 5.91 Å². The molecule has 3 heterocycles. The second-order valence-electron chi connectivity index (χ2n) is 6.62. The molecule has 0 spiro atoms. The summed E-state index contributed by atoms with van der Waals surface area (Å²) < 4.78 is 5.18. The molecule has 0 saturated carbocycles. The third-order valence-corrected chi connectivity index (χ3v) is 4.96. The Balaban J connectivity index is 1.56. The van der Waals surface area contributed by atoms with Crippen molar-refractivity contribution >= 4 is 28.6 Å². The van der Waals surface area contributed by atoms with E-state index in [9.17, 15) is 15.0 Å². The number of nitrogens with two attached hydrogens (primary N) is 1. The number of anilines is 2. The number of furan rings is 1. The molecule has 0 bridgehead atoms. The fraction of sp³-hybridized carbons (Fsp3) is 0.316. The predicted molar refractivity (Wildman–Crippen MR) is 103 cm³/mol. The third kappa shape index (κ3) is 3.25. The number of hydrogen-bond donors (Lipinski definition) is 3. The highest BCUT2D eigenvalue weighted by Crippen LogP contribution is 2.26. The molecule has 1 fully saturated rings. The van der Waals surface area contributed by atoms with E-state index in [2.05, 4.69) is 9.97 Å². The number of carbonyl (C=O) groups excluding carboxylic acids is 1. The number of aliphatic hydroxyl groups excluding tert-OH is 2. The van der Waals surface area contributed by atoms with Crippen molar-refractivity contribution in [1.82, 2.24) is 14.9 Å². The second kappa shape index (κ2) is 7.45. The van der Waals surface area contributed by atoms with Gasteiger partial charge in [-0.05, 0) is 35.4 Å². The SMILES string of the molecule is Nc1nc(N2CCN(C(=O)c3ccco3)CC2)nc2cc(CO)c(CO)cc12. The lowest BCUT2D eigenvalue weighted by Crippen LogP contribution is -2.49. The number of benzene rings is 1. The van der Waals surface area contributed by atoms with Crippen LogP contribution in [0.5, 0.6) is 0 Å². The van der Waals surface area contributed by atoms with Crippen LogP contribution in [0.25, 0.3) is 10.9 Å². The Morgan fingerprint density at radius 2 is 1.82 bits per heavy atom. The molecule has 1 amide bonds. The Morgan fingerprint density at radius 3 is 2.46 bits per heavy atom. The first-order chi connectivity index (χ1) is 13.6. The zero-order valence-corrected chi connectivity index (χ0v) is 15.2. The molecule has 0 aliphatic carbocycles. The maximum atomic E-state index is 12.4. The second-order valence-corrected chi connectivity index (χ2v) is 6.62. The van der Waals surface area contributed by atoms with E-state index < -0.39 is 0 Å². The normalized spacial score (nSPS) is 14.6. The third-order valence-electron chi connectivity index (χ3n) is 4.96. The highest BCUT2D eigenvalue weighted by atomic mass is 16.3. The summed E-state index contributed by atoms with van der Waals surface area (Å²) in [6.45, 7) is 1.79. The summed E-state index contributed by atoms with van der Waals surface area (Å²) in [7, 11) is 0. The van der Waals surface area contributed by atoms with Gasteiger partial charge in [-0.1, -0.05) is 0 Å². The van der Waals surface area contributed by atoms with Gasteiger partial charge in [0.05, 0.1) is 25.0 Å². The molecule has 3 aromatic rings. The number of nitrogens with zero attached hydrogens (tertiary/aromatic N) is 4. The average Bonchev–Trinajstić information content (AvgIpc) is 3.27. The molecule has 4 rings (SSSR count). The molecule has 9 nitrogen and oxygen atoms in total. The molecule has 146 valence electrons. The lowest BCUT2D eigenvalue weighted by atomic mass is 10.1. The van der Waals surface area contributed by atoms with Crippen molar-refractivity contribution in [3.8, 4) is 0 Å². The van der Waals surface area contributed by atoms with Crippen molar-refractivity contribution < 1.29 is 19.4 Å². The van der Waals surface area contributed by atoms with Crippen LogP contribution in [0, 0.1) is 0 Å². The minimum Gasteiger partial charge on any atom is -0.459 e. The first-order valence-electron chi connectivity index (χ1n) is 8.99. The molecule has 0 radical (unpaired) electrons. The van der Waals surface area contributed by atoms with Gasteiger partial charge in [0, 0.05) is 31.6 Å². The Morgan fingerprint density at radius 1 is 1.11 bits per heavy atom. The van der Waals surface area contributed by atoms with E-state index in [1.807, 2.05) is 4.90 Å². The summed E-state index contributed by atoms with van der Waals surface area (Å²) in [6, 6.07) is 6.78. The largest absolute Gasteiger partial charge is 0.459 e. The van der Waals surface area contributed by atoms with Crippen LogP contribution >= 0.6 is 0 Å². The Kier molecular flexibility index (Phi) is 4.84. The standard InChI is InChI=1S/C19H21N5O4/c20-17-14-8-12(10-25)13(11-26)9-15(14)21-19(22-17)24-5-3-23(4-6-24)18(27)16-2-1-7-28-16/h1-2,7-9,25-26H,3-6,10-11H2,(H2,20,21,22). The number of fused-ring (bicyclic) bond motifs is 1. The predicted octanol–water partition coefficient (Wildman–Crippen LogP) is 0.752. The van der Waals surface area contributed by atoms with E-state index in [0.29, 0.717) is 65.7 Å². The average molecular weight is 383 g/mol. The van der Waals surface area contributed by atoms with Gasteiger partial charge in [0.15, 0.2) is 5.76 Å². The highest BCUT2D eigenvalue weighted by Gasteiger charge is 2.25. The lowest BCUT2D eigenvalue weighted by molar-refractivity contribution is 0.0714. The molecule has 1 aliphatic rings. The van der Waals surface area contributed by atoms with Gasteiger partial charge >= 0.3 is 0 Å². The van der Waals surface area contributed by atoms with Crippen LogP contribution in [0.2, 0.25) is 0 Å². The Bertz CT molecular complexity index is 997. The molecule has 1 aliphatic heterocycles. The van der Waals surface area contributed by atoms with Crippen LogP contribution in [-0.4, -0.2) is 57.2 Å². The number of rotatable bonds is 4. The van der Waals surface area contributed by atoms with Crippen molar-refractivity contribution in [2.45, 2.75) is 13.2 Å². The number of aliphatic hydroxyl groups is 2. The van der Waals surface area contributed by atoms with Gasteiger partial charge in [-0.2, -0.15) is 4.98 Å². The maximum absolute atomic E-state index is 12.4. The van der Waals surface area contributed by atoms with E-state index in [0.717, 1.165) is 0 Å². The highest BCUT2D eigenvalue weighted by molar-refractivity contribution is 5.92. The Labute approximate surface area is 161 Å². The topological polar surface area (TPSA) is 129 Å². The molecule has 0 unspecified atom stereocenters. The summed E-state index contributed by atoms with van der Waals surface area (Å²) in [6.07, 6.45) is 1.48. The number of hydrogen-bond acceptors (Lipinski definition) is 8. The van der Waals surface area contributed by atoms with Gasteiger partial charge in [-0.15, -0.1) is 0 Å². The number of amides is 1. The summed E-state index contributed by atoms with van der Waals surface area (Å²) in [5.74, 6) is 0.993.